The van der Waals surface area contributed by atoms with Crippen molar-refractivity contribution in [3.63, 3.8) is 0 Å². The van der Waals surface area contributed by atoms with E-state index in [0.717, 1.165) is 0 Å². The van der Waals surface area contributed by atoms with Crippen LogP contribution in [0.1, 0.15) is 0 Å². The number of hydrogen-bond donors (Lipinski definition) is 2. The zero-order valence-corrected chi connectivity index (χ0v) is 5.93. The molecule has 1 heterocycles. The van der Waals surface area contributed by atoms with Crippen LogP contribution in [0, 0.1) is 0 Å². The lowest BCUT2D eigenvalue weighted by Gasteiger charge is -2.02. The number of rotatable bonds is 2. The molecule has 1 aromatic heterocycles. The lowest BCUT2D eigenvalue weighted by Crippen LogP contribution is -2.34. The molecule has 6 heteroatoms. The van der Waals surface area contributed by atoms with Crippen molar-refractivity contribution >= 4 is 12.7 Å². The van der Waals surface area contributed by atoms with Gasteiger partial charge in [-0.2, -0.15) is 0 Å². The summed E-state index contributed by atoms with van der Waals surface area (Å²) in [5.74, 6) is 0.127. The fourth-order valence-electron chi connectivity index (χ4n) is 0.670. The predicted molar refractivity (Wildman–Crippen MR) is 38.4 cm³/mol. The zero-order valence-electron chi connectivity index (χ0n) is 5.93. The lowest BCUT2D eigenvalue weighted by atomic mass is 9.86. The Morgan fingerprint density at radius 3 is 2.45 bits per heavy atom. The molecule has 11 heavy (non-hydrogen) atoms. The summed E-state index contributed by atoms with van der Waals surface area (Å²) in [6.45, 7) is 0. The van der Waals surface area contributed by atoms with Gasteiger partial charge in [-0.15, -0.1) is 0 Å². The molecule has 0 aliphatic carbocycles. The largest absolute Gasteiger partial charge is 0.513 e. The Hall–Kier alpha value is -1.14. The van der Waals surface area contributed by atoms with Crippen molar-refractivity contribution in [3.05, 3.63) is 12.4 Å². The van der Waals surface area contributed by atoms with Crippen molar-refractivity contribution in [3.8, 4) is 5.88 Å². The molecule has 0 aromatic carbocycles. The molecule has 0 radical (unpaired) electrons. The highest BCUT2D eigenvalue weighted by molar-refractivity contribution is 6.58. The Bertz CT molecular complexity index is 243. The molecule has 0 aliphatic heterocycles. The van der Waals surface area contributed by atoms with Crippen LogP contribution in [0.2, 0.25) is 0 Å². The molecule has 5 nitrogen and oxygen atoms in total. The van der Waals surface area contributed by atoms with Gasteiger partial charge in [-0.25, -0.2) is 4.98 Å². The molecule has 0 atom stereocenters. The molecule has 0 bridgehead atoms. The van der Waals surface area contributed by atoms with Crippen LogP contribution in [0.15, 0.2) is 12.4 Å². The Morgan fingerprint density at radius 2 is 2.00 bits per heavy atom. The van der Waals surface area contributed by atoms with E-state index in [1.165, 1.54) is 19.5 Å². The minimum absolute atomic E-state index is 0.0231. The molecule has 0 saturated heterocycles. The molecular weight excluding hydrogens is 147 g/mol. The zero-order chi connectivity index (χ0) is 8.27. The Balaban J connectivity index is 3.02. The molecule has 2 N–H and O–H groups in total. The Morgan fingerprint density at radius 1 is 1.36 bits per heavy atom. The highest BCUT2D eigenvalue weighted by Gasteiger charge is 2.18. The maximum absolute atomic E-state index is 8.71. The maximum atomic E-state index is 8.71. The minimum atomic E-state index is -1.64. The van der Waals surface area contributed by atoms with Crippen molar-refractivity contribution in [1.82, 2.24) is 9.97 Å². The van der Waals surface area contributed by atoms with E-state index in [-0.39, 0.29) is 11.5 Å². The lowest BCUT2D eigenvalue weighted by molar-refractivity contribution is 0.388. The topological polar surface area (TPSA) is 75.5 Å². The van der Waals surface area contributed by atoms with Crippen molar-refractivity contribution in [2.24, 2.45) is 0 Å². The van der Waals surface area contributed by atoms with E-state index in [2.05, 4.69) is 9.97 Å². The second-order valence-electron chi connectivity index (χ2n) is 1.82. The van der Waals surface area contributed by atoms with E-state index in [1.807, 2.05) is 0 Å². The van der Waals surface area contributed by atoms with Crippen LogP contribution in [0.3, 0.4) is 0 Å². The summed E-state index contributed by atoms with van der Waals surface area (Å²) < 4.78 is 4.71. The molecule has 1 rings (SSSR count). The number of aromatic nitrogens is 2. The van der Waals surface area contributed by atoms with Gasteiger partial charge in [0.05, 0.1) is 7.11 Å². The highest BCUT2D eigenvalue weighted by atomic mass is 16.5. The second kappa shape index (κ2) is 3.31. The highest BCUT2D eigenvalue weighted by Crippen LogP contribution is 1.96. The summed E-state index contributed by atoms with van der Waals surface area (Å²) in [6, 6.07) is 0. The third-order valence-corrected chi connectivity index (χ3v) is 1.13. The van der Waals surface area contributed by atoms with Crippen LogP contribution in [0.4, 0.5) is 0 Å². The summed E-state index contributed by atoms with van der Waals surface area (Å²) in [6.07, 6.45) is 2.77. The SMILES string of the molecule is COc1nccnc1B(O)O. The standard InChI is InChI=1S/C5H7BN2O3/c1-11-5-4(6(9)10)7-2-3-8-5/h2-3,9-10H,1H3. The first-order chi connectivity index (χ1) is 5.25. The Labute approximate surface area is 63.8 Å². The van der Waals surface area contributed by atoms with Crippen molar-refractivity contribution in [2.45, 2.75) is 0 Å². The third kappa shape index (κ3) is 1.66. The number of ether oxygens (including phenoxy) is 1. The fraction of sp³-hybridized carbons (Fsp3) is 0.200. The molecule has 0 spiro atoms. The monoisotopic (exact) mass is 154 g/mol. The quantitative estimate of drug-likeness (QED) is 0.489. The van der Waals surface area contributed by atoms with E-state index in [1.54, 1.807) is 0 Å². The first-order valence-electron chi connectivity index (χ1n) is 2.96. The first-order valence-corrected chi connectivity index (χ1v) is 2.96. The van der Waals surface area contributed by atoms with Crippen LogP contribution in [0.5, 0.6) is 5.88 Å². The number of methoxy groups -OCH3 is 1. The minimum Gasteiger partial charge on any atom is -0.480 e. The van der Waals surface area contributed by atoms with Gasteiger partial charge in [0.25, 0.3) is 0 Å². The molecular formula is C5H7BN2O3. The molecule has 0 unspecified atom stereocenters. The molecule has 1 aromatic rings. The van der Waals surface area contributed by atoms with Gasteiger partial charge in [0.2, 0.25) is 5.88 Å². The van der Waals surface area contributed by atoms with Gasteiger partial charge in [0, 0.05) is 12.4 Å². The van der Waals surface area contributed by atoms with Gasteiger partial charge >= 0.3 is 7.12 Å². The van der Waals surface area contributed by atoms with Gasteiger partial charge in [-0.05, 0) is 0 Å². The molecule has 0 amide bonds. The summed E-state index contributed by atoms with van der Waals surface area (Å²) in [4.78, 5) is 7.38. The van der Waals surface area contributed by atoms with Crippen LogP contribution in [-0.2, 0) is 0 Å². The maximum Gasteiger partial charge on any atom is 0.513 e. The summed E-state index contributed by atoms with van der Waals surface area (Å²) in [7, 11) is -0.255. The van der Waals surface area contributed by atoms with Gasteiger partial charge in [0.1, 0.15) is 5.59 Å². The van der Waals surface area contributed by atoms with E-state index >= 15 is 0 Å². The van der Waals surface area contributed by atoms with Crippen LogP contribution >= 0.6 is 0 Å². The average molecular weight is 154 g/mol. The van der Waals surface area contributed by atoms with Gasteiger partial charge < -0.3 is 14.8 Å². The summed E-state index contributed by atoms with van der Waals surface area (Å²) in [5, 5.41) is 17.4. The van der Waals surface area contributed by atoms with Crippen molar-refractivity contribution in [2.75, 3.05) is 7.11 Å². The van der Waals surface area contributed by atoms with Crippen LogP contribution in [-0.4, -0.2) is 34.2 Å². The molecule has 0 fully saturated rings. The molecule has 0 saturated carbocycles. The summed E-state index contributed by atoms with van der Waals surface area (Å²) >= 11 is 0. The number of hydrogen-bond acceptors (Lipinski definition) is 5. The summed E-state index contributed by atoms with van der Waals surface area (Å²) in [5.41, 5.74) is 0.0231. The molecule has 58 valence electrons. The number of nitrogens with zero attached hydrogens (tertiary/aromatic N) is 2. The van der Waals surface area contributed by atoms with Crippen LogP contribution in [0.25, 0.3) is 0 Å². The smallest absolute Gasteiger partial charge is 0.480 e. The second-order valence-corrected chi connectivity index (χ2v) is 1.82. The van der Waals surface area contributed by atoms with E-state index < -0.39 is 7.12 Å². The van der Waals surface area contributed by atoms with Crippen molar-refractivity contribution in [1.29, 1.82) is 0 Å². The van der Waals surface area contributed by atoms with E-state index in [0.29, 0.717) is 0 Å². The first kappa shape index (κ1) is 7.97. The van der Waals surface area contributed by atoms with E-state index in [4.69, 9.17) is 14.8 Å². The van der Waals surface area contributed by atoms with Crippen LogP contribution < -0.4 is 10.3 Å². The average Bonchev–Trinajstić information content (AvgIpc) is 2.04. The van der Waals surface area contributed by atoms with E-state index in [9.17, 15) is 0 Å². The Kier molecular flexibility index (Phi) is 2.40. The fourth-order valence-corrected chi connectivity index (χ4v) is 0.670. The molecule has 0 aliphatic rings. The van der Waals surface area contributed by atoms with Gasteiger partial charge in [0.15, 0.2) is 0 Å². The normalized spacial score (nSPS) is 9.36. The van der Waals surface area contributed by atoms with Gasteiger partial charge in [-0.3, -0.25) is 4.98 Å². The third-order valence-electron chi connectivity index (χ3n) is 1.13. The van der Waals surface area contributed by atoms with Crippen molar-refractivity contribution < 1.29 is 14.8 Å². The predicted octanol–water partition coefficient (Wildman–Crippen LogP) is -1.84. The van der Waals surface area contributed by atoms with Gasteiger partial charge in [-0.1, -0.05) is 0 Å².